The molecule has 1 unspecified atom stereocenters. The summed E-state index contributed by atoms with van der Waals surface area (Å²) in [5, 5.41) is 7.28. The van der Waals surface area contributed by atoms with Crippen LogP contribution in [0.5, 0.6) is 0 Å². The number of amides is 4. The molecule has 5 aromatic rings. The minimum Gasteiger partial charge on any atom is -0.354 e. The number of imide groups is 2. The molecule has 14 nitrogen and oxygen atoms in total. The molecule has 0 bridgehead atoms. The Morgan fingerprint density at radius 2 is 1.55 bits per heavy atom. The van der Waals surface area contributed by atoms with Gasteiger partial charge in [0.25, 0.3) is 11.8 Å². The van der Waals surface area contributed by atoms with Gasteiger partial charge in [-0.25, -0.2) is 18.9 Å². The smallest absolute Gasteiger partial charge is 0.262 e. The van der Waals surface area contributed by atoms with Crippen LogP contribution >= 0.6 is 0 Å². The minimum absolute atomic E-state index is 0.0658. The van der Waals surface area contributed by atoms with Gasteiger partial charge in [0, 0.05) is 71.2 Å². The van der Waals surface area contributed by atoms with E-state index in [9.17, 15) is 23.6 Å². The van der Waals surface area contributed by atoms with Crippen LogP contribution in [0.15, 0.2) is 79.0 Å². The first kappa shape index (κ1) is 36.3. The number of hydrogen-bond acceptors (Lipinski definition) is 11. The van der Waals surface area contributed by atoms with E-state index in [0.717, 1.165) is 116 Å². The van der Waals surface area contributed by atoms with Gasteiger partial charge in [0.15, 0.2) is 5.65 Å². The van der Waals surface area contributed by atoms with Crippen molar-refractivity contribution < 1.29 is 23.6 Å². The van der Waals surface area contributed by atoms with Gasteiger partial charge in [-0.3, -0.25) is 34.3 Å². The van der Waals surface area contributed by atoms with Gasteiger partial charge in [0.2, 0.25) is 11.8 Å². The van der Waals surface area contributed by atoms with Crippen LogP contribution in [0.1, 0.15) is 69.5 Å². The summed E-state index contributed by atoms with van der Waals surface area (Å²) in [7, 11) is 0. The monoisotopic (exact) mass is 782 g/mol. The molecule has 8 heterocycles. The molecule has 1 N–H and O–H groups in total. The number of benzene rings is 2. The standard InChI is InChI=1S/C43H43FN10O4/c44-30-5-1-4-28(22-30)34-7-3-15-52(34)39-13-12-37-45-24-36(54(37)48-39)33-6-2-8-38(46-33)51-20-18-49(19-21-51)16-17-50-25-29(26-50)27-9-10-31-32(23-27)43(58)53(42(31)57)35-11-14-40(55)47-41(35)56/h1-2,4-6,8-10,12-13,22-24,29,34-35H,3,7,11,14-21,25-26H2,(H,47,55,56)/t34-,35?/m1/s1. The summed E-state index contributed by atoms with van der Waals surface area (Å²) in [6.45, 7) is 8.08. The fourth-order valence-corrected chi connectivity index (χ4v) is 9.22. The van der Waals surface area contributed by atoms with Crippen LogP contribution < -0.4 is 15.1 Å². The fourth-order valence-electron chi connectivity index (χ4n) is 9.22. The van der Waals surface area contributed by atoms with Crippen molar-refractivity contribution >= 4 is 40.9 Å². The zero-order valence-corrected chi connectivity index (χ0v) is 32.0. The van der Waals surface area contributed by atoms with Gasteiger partial charge in [0.05, 0.1) is 29.1 Å². The molecule has 2 aromatic carbocycles. The number of halogens is 1. The molecule has 0 saturated carbocycles. The molecule has 0 radical (unpaired) electrons. The van der Waals surface area contributed by atoms with Crippen molar-refractivity contribution in [2.75, 3.05) is 68.7 Å². The number of fused-ring (bicyclic) bond motifs is 2. The quantitative estimate of drug-likeness (QED) is 0.218. The van der Waals surface area contributed by atoms with Crippen molar-refractivity contribution in [3.8, 4) is 11.4 Å². The van der Waals surface area contributed by atoms with E-state index in [1.807, 2.05) is 53.2 Å². The number of anilines is 2. The van der Waals surface area contributed by atoms with E-state index in [4.69, 9.17) is 10.1 Å². The normalized spacial score (nSPS) is 21.9. The largest absolute Gasteiger partial charge is 0.354 e. The van der Waals surface area contributed by atoms with Crippen LogP contribution in [-0.2, 0) is 9.59 Å². The molecule has 15 heteroatoms. The van der Waals surface area contributed by atoms with Crippen molar-refractivity contribution in [2.45, 2.75) is 43.7 Å². The summed E-state index contributed by atoms with van der Waals surface area (Å²) in [6, 6.07) is 21.5. The predicted molar refractivity (Wildman–Crippen MR) is 213 cm³/mol. The summed E-state index contributed by atoms with van der Waals surface area (Å²) in [5.41, 5.74) is 5.00. The Morgan fingerprint density at radius 1 is 0.741 bits per heavy atom. The second-order valence-corrected chi connectivity index (χ2v) is 15.9. The Morgan fingerprint density at radius 3 is 2.38 bits per heavy atom. The number of nitrogens with zero attached hydrogens (tertiary/aromatic N) is 9. The molecule has 4 saturated heterocycles. The van der Waals surface area contributed by atoms with Crippen molar-refractivity contribution in [2.24, 2.45) is 0 Å². The maximum absolute atomic E-state index is 14.1. The molecule has 296 valence electrons. The van der Waals surface area contributed by atoms with E-state index in [-0.39, 0.29) is 36.5 Å². The summed E-state index contributed by atoms with van der Waals surface area (Å²) in [5.74, 6) is -0.137. The molecule has 10 rings (SSSR count). The number of pyridine rings is 1. The first-order chi connectivity index (χ1) is 28.3. The Balaban J connectivity index is 0.731. The van der Waals surface area contributed by atoms with E-state index in [1.54, 1.807) is 18.2 Å². The lowest BCUT2D eigenvalue weighted by Gasteiger charge is -2.42. The van der Waals surface area contributed by atoms with E-state index in [1.165, 1.54) is 6.07 Å². The maximum Gasteiger partial charge on any atom is 0.262 e. The highest BCUT2D eigenvalue weighted by molar-refractivity contribution is 6.23. The predicted octanol–water partition coefficient (Wildman–Crippen LogP) is 3.89. The van der Waals surface area contributed by atoms with Gasteiger partial charge in [-0.15, -0.1) is 5.10 Å². The molecule has 4 amide bonds. The number of rotatable bonds is 9. The molecule has 0 aliphatic carbocycles. The van der Waals surface area contributed by atoms with E-state index in [0.29, 0.717) is 11.1 Å². The van der Waals surface area contributed by atoms with E-state index < -0.39 is 23.8 Å². The van der Waals surface area contributed by atoms with Crippen LogP contribution in [-0.4, -0.2) is 123 Å². The Bertz CT molecular complexity index is 2460. The summed E-state index contributed by atoms with van der Waals surface area (Å²) >= 11 is 0. The number of piperidine rings is 1. The van der Waals surface area contributed by atoms with Gasteiger partial charge in [-0.05, 0) is 78.9 Å². The van der Waals surface area contributed by atoms with Crippen LogP contribution in [0.25, 0.3) is 17.0 Å². The van der Waals surface area contributed by atoms with E-state index in [2.05, 4.69) is 36.0 Å². The molecule has 2 atom stereocenters. The molecule has 58 heavy (non-hydrogen) atoms. The third-order valence-electron chi connectivity index (χ3n) is 12.4. The number of carbonyl (C=O) groups excluding carboxylic acids is 4. The SMILES string of the molecule is O=C1CCC(N2C(=O)c3ccc(C4CN(CCN5CCN(c6cccc(-c7cnc8ccc(N9CCC[C@@H]9c9cccc(F)c9)nn78)n6)CC5)C4)cc3C2=O)C(=O)N1. The molecule has 0 spiro atoms. The van der Waals surface area contributed by atoms with Gasteiger partial charge in [-0.1, -0.05) is 24.3 Å². The van der Waals surface area contributed by atoms with Crippen molar-refractivity contribution in [1.82, 2.24) is 39.6 Å². The third-order valence-corrected chi connectivity index (χ3v) is 12.4. The number of hydrogen-bond donors (Lipinski definition) is 1. The summed E-state index contributed by atoms with van der Waals surface area (Å²) in [4.78, 5) is 70.7. The highest BCUT2D eigenvalue weighted by Gasteiger charge is 2.45. The minimum atomic E-state index is -0.962. The highest BCUT2D eigenvalue weighted by atomic mass is 19.1. The zero-order valence-electron chi connectivity index (χ0n) is 32.0. The number of piperazine rings is 1. The number of aromatic nitrogens is 4. The Kier molecular flexibility index (Phi) is 9.20. The molecule has 4 fully saturated rings. The number of likely N-dealkylation sites (tertiary alicyclic amines) is 1. The molecule has 5 aliphatic heterocycles. The lowest BCUT2D eigenvalue weighted by molar-refractivity contribution is -0.136. The number of imidazole rings is 1. The fraction of sp³-hybridized carbons (Fsp3) is 0.372. The van der Waals surface area contributed by atoms with Gasteiger partial charge < -0.3 is 14.7 Å². The van der Waals surface area contributed by atoms with Crippen molar-refractivity contribution in [1.29, 1.82) is 0 Å². The number of nitrogens with one attached hydrogen (secondary N) is 1. The van der Waals surface area contributed by atoms with Crippen LogP contribution in [0.3, 0.4) is 0 Å². The zero-order chi connectivity index (χ0) is 39.5. The lowest BCUT2D eigenvalue weighted by Crippen LogP contribution is -2.54. The topological polar surface area (TPSA) is 140 Å². The van der Waals surface area contributed by atoms with Crippen molar-refractivity contribution in [3.05, 3.63) is 107 Å². The second-order valence-electron chi connectivity index (χ2n) is 15.9. The van der Waals surface area contributed by atoms with Crippen LogP contribution in [0.4, 0.5) is 16.0 Å². The van der Waals surface area contributed by atoms with Crippen molar-refractivity contribution in [3.63, 3.8) is 0 Å². The average Bonchev–Trinajstić information content (AvgIpc) is 3.94. The Labute approximate surface area is 334 Å². The Hall–Kier alpha value is -6.06. The molecular weight excluding hydrogens is 740 g/mol. The maximum atomic E-state index is 14.1. The number of carbonyl (C=O) groups is 4. The van der Waals surface area contributed by atoms with Crippen LogP contribution in [0, 0.1) is 5.82 Å². The summed E-state index contributed by atoms with van der Waals surface area (Å²) in [6.07, 6.45) is 4.02. The van der Waals surface area contributed by atoms with Gasteiger partial charge in [-0.2, -0.15) is 0 Å². The third kappa shape index (κ3) is 6.57. The summed E-state index contributed by atoms with van der Waals surface area (Å²) < 4.78 is 16.0. The molecule has 5 aliphatic rings. The second kappa shape index (κ2) is 14.7. The highest BCUT2D eigenvalue weighted by Crippen LogP contribution is 2.36. The lowest BCUT2D eigenvalue weighted by atomic mass is 9.89. The van der Waals surface area contributed by atoms with Gasteiger partial charge in [0.1, 0.15) is 29.2 Å². The van der Waals surface area contributed by atoms with E-state index >= 15 is 0 Å². The van der Waals surface area contributed by atoms with Crippen LogP contribution in [0.2, 0.25) is 0 Å². The first-order valence-electron chi connectivity index (χ1n) is 20.2. The molecule has 3 aromatic heterocycles. The first-order valence-corrected chi connectivity index (χ1v) is 20.2. The molecular formula is C43H43FN10O4. The average molecular weight is 783 g/mol. The van der Waals surface area contributed by atoms with Gasteiger partial charge >= 0.3 is 0 Å².